The van der Waals surface area contributed by atoms with Crippen molar-refractivity contribution in [3.63, 3.8) is 0 Å². The second-order valence-corrected chi connectivity index (χ2v) is 3.33. The molecule has 0 spiro atoms. The smallest absolute Gasteiger partial charge is 0.231 e. The molecule has 5 heteroatoms. The van der Waals surface area contributed by atoms with Gasteiger partial charge in [-0.15, -0.1) is 11.8 Å². The summed E-state index contributed by atoms with van der Waals surface area (Å²) in [6.45, 7) is 0. The minimum Gasteiger partial charge on any atom is -0.346 e. The molecule has 2 N–H and O–H groups in total. The number of hydrogen-bond acceptors (Lipinski definition) is 3. The number of hydrogen-bond donors (Lipinski definition) is 2. The molecule has 0 aromatic carbocycles. The second-order valence-electron chi connectivity index (χ2n) is 2.23. The summed E-state index contributed by atoms with van der Waals surface area (Å²) in [4.78, 5) is 17.8. The Balaban J connectivity index is 2.13. The summed E-state index contributed by atoms with van der Waals surface area (Å²) in [5.41, 5.74) is 0. The highest BCUT2D eigenvalue weighted by Gasteiger charge is 2.24. The Morgan fingerprint density at radius 2 is 2.64 bits per heavy atom. The van der Waals surface area contributed by atoms with Crippen LogP contribution in [0.5, 0.6) is 0 Å². The van der Waals surface area contributed by atoms with Crippen molar-refractivity contribution in [3.05, 3.63) is 18.2 Å². The second kappa shape index (κ2) is 2.58. The summed E-state index contributed by atoms with van der Waals surface area (Å²) in [6, 6.07) is 0. The van der Waals surface area contributed by atoms with Gasteiger partial charge in [0.25, 0.3) is 0 Å². The Morgan fingerprint density at radius 1 is 1.73 bits per heavy atom. The van der Waals surface area contributed by atoms with Crippen molar-refractivity contribution in [1.82, 2.24) is 15.3 Å². The molecule has 4 nitrogen and oxygen atoms in total. The average molecular weight is 169 g/mol. The van der Waals surface area contributed by atoms with Crippen LogP contribution < -0.4 is 5.32 Å². The Hall–Kier alpha value is -0.970. The Morgan fingerprint density at radius 3 is 3.18 bits per heavy atom. The van der Waals surface area contributed by atoms with Crippen LogP contribution in [0, 0.1) is 0 Å². The van der Waals surface area contributed by atoms with Crippen molar-refractivity contribution < 1.29 is 4.79 Å². The van der Waals surface area contributed by atoms with Gasteiger partial charge in [0, 0.05) is 12.4 Å². The van der Waals surface area contributed by atoms with Gasteiger partial charge in [-0.2, -0.15) is 0 Å². The highest BCUT2D eigenvalue weighted by atomic mass is 32.2. The molecule has 0 aliphatic carbocycles. The number of carbonyl (C=O) groups is 1. The maximum Gasteiger partial charge on any atom is 0.231 e. The van der Waals surface area contributed by atoms with E-state index in [0.717, 1.165) is 5.82 Å². The van der Waals surface area contributed by atoms with Gasteiger partial charge in [-0.25, -0.2) is 4.98 Å². The van der Waals surface area contributed by atoms with E-state index in [4.69, 9.17) is 0 Å². The molecule has 1 fully saturated rings. The van der Waals surface area contributed by atoms with Gasteiger partial charge in [0.2, 0.25) is 5.91 Å². The van der Waals surface area contributed by atoms with Crippen LogP contribution in [0.2, 0.25) is 0 Å². The number of thioether (sulfide) groups is 1. The Kier molecular flexibility index (Phi) is 1.58. The molecule has 1 aliphatic heterocycles. The zero-order valence-corrected chi connectivity index (χ0v) is 6.52. The average Bonchev–Trinajstić information content (AvgIpc) is 2.55. The van der Waals surface area contributed by atoms with Crippen LogP contribution in [0.1, 0.15) is 11.2 Å². The van der Waals surface area contributed by atoms with Gasteiger partial charge >= 0.3 is 0 Å². The number of imidazole rings is 1. The van der Waals surface area contributed by atoms with Crippen molar-refractivity contribution in [3.8, 4) is 0 Å². The van der Waals surface area contributed by atoms with Crippen molar-refractivity contribution in [1.29, 1.82) is 0 Å². The first-order valence-electron chi connectivity index (χ1n) is 3.26. The molecule has 1 aromatic rings. The van der Waals surface area contributed by atoms with Gasteiger partial charge in [-0.1, -0.05) is 0 Å². The normalized spacial score (nSPS) is 23.6. The van der Waals surface area contributed by atoms with Crippen LogP contribution >= 0.6 is 11.8 Å². The lowest BCUT2D eigenvalue weighted by molar-refractivity contribution is -0.118. The van der Waals surface area contributed by atoms with Gasteiger partial charge in [-0.05, 0) is 0 Å². The van der Waals surface area contributed by atoms with Crippen molar-refractivity contribution in [2.45, 2.75) is 5.37 Å². The molecule has 11 heavy (non-hydrogen) atoms. The topological polar surface area (TPSA) is 57.8 Å². The molecule has 1 saturated heterocycles. The molecule has 2 rings (SSSR count). The molecule has 1 atom stereocenters. The van der Waals surface area contributed by atoms with Crippen LogP contribution in [-0.4, -0.2) is 21.6 Å². The summed E-state index contributed by atoms with van der Waals surface area (Å²) in [7, 11) is 0. The molecule has 0 saturated carbocycles. The summed E-state index contributed by atoms with van der Waals surface area (Å²) >= 11 is 1.55. The van der Waals surface area contributed by atoms with Crippen molar-refractivity contribution >= 4 is 17.7 Å². The third-order valence-electron chi connectivity index (χ3n) is 1.44. The van der Waals surface area contributed by atoms with Crippen LogP contribution in [0.15, 0.2) is 12.4 Å². The summed E-state index contributed by atoms with van der Waals surface area (Å²) in [6.07, 6.45) is 3.43. The molecule has 1 aliphatic rings. The third-order valence-corrected chi connectivity index (χ3v) is 2.54. The SMILES string of the molecule is O=C1CSC(c2ncc[nH]2)N1. The van der Waals surface area contributed by atoms with Crippen LogP contribution in [0.25, 0.3) is 0 Å². The third kappa shape index (κ3) is 1.23. The van der Waals surface area contributed by atoms with Crippen LogP contribution in [0.4, 0.5) is 0 Å². The Bertz CT molecular complexity index is 259. The predicted molar refractivity (Wildman–Crippen MR) is 41.9 cm³/mol. The van der Waals surface area contributed by atoms with E-state index >= 15 is 0 Å². The lowest BCUT2D eigenvalue weighted by Crippen LogP contribution is -2.19. The fourth-order valence-electron chi connectivity index (χ4n) is 0.957. The van der Waals surface area contributed by atoms with E-state index in [1.165, 1.54) is 0 Å². The quantitative estimate of drug-likeness (QED) is 0.634. The fourth-order valence-corrected chi connectivity index (χ4v) is 1.86. The van der Waals surface area contributed by atoms with E-state index in [1.54, 1.807) is 24.2 Å². The number of nitrogens with zero attached hydrogens (tertiary/aromatic N) is 1. The molecule has 58 valence electrons. The molecule has 1 amide bonds. The van der Waals surface area contributed by atoms with E-state index in [1.807, 2.05) is 0 Å². The van der Waals surface area contributed by atoms with E-state index in [2.05, 4.69) is 15.3 Å². The Labute approximate surface area is 67.8 Å². The molecule has 1 unspecified atom stereocenters. The lowest BCUT2D eigenvalue weighted by Gasteiger charge is -2.03. The molecule has 0 bridgehead atoms. The van der Waals surface area contributed by atoms with Crippen LogP contribution in [-0.2, 0) is 4.79 Å². The van der Waals surface area contributed by atoms with E-state index in [-0.39, 0.29) is 11.3 Å². The van der Waals surface area contributed by atoms with E-state index < -0.39 is 0 Å². The van der Waals surface area contributed by atoms with E-state index in [0.29, 0.717) is 5.75 Å². The number of rotatable bonds is 1. The number of nitrogens with one attached hydrogen (secondary N) is 2. The van der Waals surface area contributed by atoms with Crippen molar-refractivity contribution in [2.24, 2.45) is 0 Å². The van der Waals surface area contributed by atoms with Gasteiger partial charge in [0.1, 0.15) is 11.2 Å². The van der Waals surface area contributed by atoms with Crippen LogP contribution in [0.3, 0.4) is 0 Å². The van der Waals surface area contributed by atoms with Gasteiger partial charge in [0.05, 0.1) is 5.75 Å². The monoisotopic (exact) mass is 169 g/mol. The first-order chi connectivity index (χ1) is 5.36. The standard InChI is InChI=1S/C6H7N3OS/c10-4-3-11-6(9-4)5-7-1-2-8-5/h1-2,6H,3H2,(H,7,8)(H,9,10). The number of amides is 1. The van der Waals surface area contributed by atoms with Gasteiger partial charge in [0.15, 0.2) is 0 Å². The zero-order valence-electron chi connectivity index (χ0n) is 5.70. The summed E-state index contributed by atoms with van der Waals surface area (Å²) in [5.74, 6) is 1.43. The minimum absolute atomic E-state index is 0.0255. The molecular weight excluding hydrogens is 162 g/mol. The first-order valence-corrected chi connectivity index (χ1v) is 4.31. The fraction of sp³-hybridized carbons (Fsp3) is 0.333. The van der Waals surface area contributed by atoms with Gasteiger partial charge < -0.3 is 10.3 Å². The maximum absolute atomic E-state index is 10.8. The maximum atomic E-state index is 10.8. The number of H-pyrrole nitrogens is 1. The van der Waals surface area contributed by atoms with E-state index in [9.17, 15) is 4.79 Å². The molecular formula is C6H7N3OS. The summed E-state index contributed by atoms with van der Waals surface area (Å²) < 4.78 is 0. The predicted octanol–water partition coefficient (Wildman–Crippen LogP) is 0.271. The molecule has 1 aromatic heterocycles. The number of aromatic amines is 1. The van der Waals surface area contributed by atoms with Gasteiger partial charge in [-0.3, -0.25) is 4.79 Å². The van der Waals surface area contributed by atoms with Crippen molar-refractivity contribution in [2.75, 3.05) is 5.75 Å². The summed E-state index contributed by atoms with van der Waals surface area (Å²) in [5, 5.41) is 2.81. The highest BCUT2D eigenvalue weighted by Crippen LogP contribution is 2.27. The lowest BCUT2D eigenvalue weighted by atomic mass is 10.5. The number of carbonyl (C=O) groups excluding carboxylic acids is 1. The zero-order chi connectivity index (χ0) is 7.68. The largest absolute Gasteiger partial charge is 0.346 e. The highest BCUT2D eigenvalue weighted by molar-refractivity contribution is 8.00. The first kappa shape index (κ1) is 6.72. The molecule has 0 radical (unpaired) electrons. The number of aromatic nitrogens is 2. The molecule has 2 heterocycles. The minimum atomic E-state index is 0.0255.